The molecule has 10 heteroatoms. The number of carbonyl (C=O) groups is 3. The number of esters is 1. The van der Waals surface area contributed by atoms with E-state index in [1.165, 1.54) is 18.4 Å². The molecule has 1 aliphatic rings. The van der Waals surface area contributed by atoms with Gasteiger partial charge in [-0.2, -0.15) is 0 Å². The van der Waals surface area contributed by atoms with E-state index >= 15 is 0 Å². The number of thiophene rings is 1. The molecular weight excluding hydrogens is 538 g/mol. The van der Waals surface area contributed by atoms with Crippen molar-refractivity contribution in [3.63, 3.8) is 0 Å². The third-order valence-corrected chi connectivity index (χ3v) is 7.66. The van der Waals surface area contributed by atoms with Crippen molar-refractivity contribution in [3.8, 4) is 0 Å². The van der Waals surface area contributed by atoms with Gasteiger partial charge in [-0.15, -0.1) is 11.3 Å². The van der Waals surface area contributed by atoms with Gasteiger partial charge in [-0.05, 0) is 94.7 Å². The van der Waals surface area contributed by atoms with Gasteiger partial charge in [0.25, 0.3) is 5.91 Å². The van der Waals surface area contributed by atoms with Gasteiger partial charge in [0, 0.05) is 16.1 Å². The van der Waals surface area contributed by atoms with Crippen molar-refractivity contribution in [1.29, 1.82) is 0 Å². The third kappa shape index (κ3) is 7.04. The molecule has 2 N–H and O–H groups in total. The summed E-state index contributed by atoms with van der Waals surface area (Å²) >= 11 is 1.33. The first kappa shape index (κ1) is 29.2. The second-order valence-corrected chi connectivity index (χ2v) is 11.7. The summed E-state index contributed by atoms with van der Waals surface area (Å²) in [6.45, 7) is 5.23. The van der Waals surface area contributed by atoms with E-state index in [9.17, 15) is 23.2 Å². The first-order valence-corrected chi connectivity index (χ1v) is 13.9. The molecule has 0 saturated carbocycles. The standard InChI is InChI=1S/C30H32F2N2O5S/c1-30(2,3)39-29(37)34-27-25(21-7-5-6-8-24(21)40-27)26(35)33-19-15-22(31)20(23(32)16-19)14-11-17-9-12-18(13-10-17)28(36)38-4/h9-10,12-13,15-16H,5-8,11,14H2,1-4H3,(H,33,35)(H,34,37). The first-order valence-electron chi connectivity index (χ1n) is 13.1. The number of halogens is 2. The van der Waals surface area contributed by atoms with Gasteiger partial charge in [-0.1, -0.05) is 12.1 Å². The van der Waals surface area contributed by atoms with Gasteiger partial charge in [-0.25, -0.2) is 18.4 Å². The van der Waals surface area contributed by atoms with Crippen LogP contribution in [0.3, 0.4) is 0 Å². The van der Waals surface area contributed by atoms with E-state index in [0.29, 0.717) is 29.0 Å². The molecule has 4 rings (SSSR count). The molecule has 1 aromatic heterocycles. The van der Waals surface area contributed by atoms with Crippen LogP contribution in [0.25, 0.3) is 0 Å². The average molecular weight is 571 g/mol. The maximum absolute atomic E-state index is 15.0. The molecule has 1 heterocycles. The van der Waals surface area contributed by atoms with Crippen molar-refractivity contribution in [2.75, 3.05) is 17.7 Å². The molecule has 0 bridgehead atoms. The number of rotatable bonds is 7. The van der Waals surface area contributed by atoms with Crippen molar-refractivity contribution in [3.05, 3.63) is 80.7 Å². The van der Waals surface area contributed by atoms with Crippen LogP contribution in [0.4, 0.5) is 24.3 Å². The zero-order valence-corrected chi connectivity index (χ0v) is 23.7. The summed E-state index contributed by atoms with van der Waals surface area (Å²) in [5.41, 5.74) is 1.49. The smallest absolute Gasteiger partial charge is 0.412 e. The van der Waals surface area contributed by atoms with Crippen LogP contribution in [0.15, 0.2) is 36.4 Å². The number of benzene rings is 2. The summed E-state index contributed by atoms with van der Waals surface area (Å²) in [6, 6.07) is 8.80. The molecule has 0 radical (unpaired) electrons. The van der Waals surface area contributed by atoms with Gasteiger partial charge in [-0.3, -0.25) is 10.1 Å². The Morgan fingerprint density at radius 1 is 0.950 bits per heavy atom. The van der Waals surface area contributed by atoms with E-state index < -0.39 is 35.2 Å². The largest absolute Gasteiger partial charge is 0.465 e. The van der Waals surface area contributed by atoms with Gasteiger partial charge in [0.1, 0.15) is 22.2 Å². The van der Waals surface area contributed by atoms with Crippen LogP contribution in [0.1, 0.15) is 75.9 Å². The second-order valence-electron chi connectivity index (χ2n) is 10.6. The quantitative estimate of drug-likeness (QED) is 0.296. The zero-order valence-electron chi connectivity index (χ0n) is 22.9. The van der Waals surface area contributed by atoms with Crippen molar-refractivity contribution >= 4 is 40.0 Å². The van der Waals surface area contributed by atoms with Gasteiger partial charge < -0.3 is 14.8 Å². The highest BCUT2D eigenvalue weighted by molar-refractivity contribution is 7.17. The number of hydrogen-bond acceptors (Lipinski definition) is 6. The van der Waals surface area contributed by atoms with Crippen molar-refractivity contribution in [2.24, 2.45) is 0 Å². The van der Waals surface area contributed by atoms with Crippen LogP contribution < -0.4 is 10.6 Å². The Morgan fingerprint density at radius 3 is 2.23 bits per heavy atom. The minimum Gasteiger partial charge on any atom is -0.465 e. The van der Waals surface area contributed by atoms with E-state index in [0.717, 1.165) is 47.4 Å². The number of carbonyl (C=O) groups excluding carboxylic acids is 3. The number of aryl methyl sites for hydroxylation is 2. The number of hydrogen-bond donors (Lipinski definition) is 2. The highest BCUT2D eigenvalue weighted by Gasteiger charge is 2.28. The molecule has 0 spiro atoms. The Balaban J connectivity index is 1.50. The first-order chi connectivity index (χ1) is 18.9. The molecule has 3 aromatic rings. The monoisotopic (exact) mass is 570 g/mol. The van der Waals surface area contributed by atoms with Crippen LogP contribution in [0, 0.1) is 11.6 Å². The summed E-state index contributed by atoms with van der Waals surface area (Å²) in [5.74, 6) is -2.57. The highest BCUT2D eigenvalue weighted by Crippen LogP contribution is 2.39. The van der Waals surface area contributed by atoms with Gasteiger partial charge in [0.05, 0.1) is 18.2 Å². The minimum absolute atomic E-state index is 0.0230. The zero-order chi connectivity index (χ0) is 29.0. The van der Waals surface area contributed by atoms with E-state index in [4.69, 9.17) is 4.74 Å². The Bertz CT molecular complexity index is 1400. The van der Waals surface area contributed by atoms with Crippen LogP contribution in [0.5, 0.6) is 0 Å². The molecular formula is C30H32F2N2O5S. The highest BCUT2D eigenvalue weighted by atomic mass is 32.1. The summed E-state index contributed by atoms with van der Waals surface area (Å²) < 4.78 is 40.0. The summed E-state index contributed by atoms with van der Waals surface area (Å²) in [6.07, 6.45) is 3.11. The molecule has 212 valence electrons. The number of methoxy groups -OCH3 is 1. The van der Waals surface area contributed by atoms with Crippen LogP contribution in [-0.4, -0.2) is 30.7 Å². The minimum atomic E-state index is -0.777. The third-order valence-electron chi connectivity index (χ3n) is 6.45. The summed E-state index contributed by atoms with van der Waals surface area (Å²) in [4.78, 5) is 38.4. The lowest BCUT2D eigenvalue weighted by atomic mass is 9.95. The number of ether oxygens (including phenoxy) is 2. The lowest BCUT2D eigenvalue weighted by Gasteiger charge is -2.19. The number of fused-ring (bicyclic) bond motifs is 1. The topological polar surface area (TPSA) is 93.7 Å². The Kier molecular flexibility index (Phi) is 8.88. The van der Waals surface area contributed by atoms with Gasteiger partial charge >= 0.3 is 12.1 Å². The maximum atomic E-state index is 15.0. The van der Waals surface area contributed by atoms with E-state index in [-0.39, 0.29) is 17.7 Å². The van der Waals surface area contributed by atoms with E-state index in [1.807, 2.05) is 0 Å². The molecule has 0 fully saturated rings. The lowest BCUT2D eigenvalue weighted by molar-refractivity contribution is 0.0598. The number of amides is 2. The molecule has 0 unspecified atom stereocenters. The van der Waals surface area contributed by atoms with Crippen molar-refractivity contribution < 1.29 is 32.6 Å². The molecule has 0 saturated heterocycles. The molecule has 40 heavy (non-hydrogen) atoms. The van der Waals surface area contributed by atoms with Gasteiger partial charge in [0.2, 0.25) is 0 Å². The fourth-order valence-electron chi connectivity index (χ4n) is 4.59. The molecule has 2 aromatic carbocycles. The SMILES string of the molecule is COC(=O)c1ccc(CCc2c(F)cc(NC(=O)c3c(NC(=O)OC(C)(C)C)sc4c3CCCC4)cc2F)cc1. The Labute approximate surface area is 235 Å². The van der Waals surface area contributed by atoms with Crippen LogP contribution >= 0.6 is 11.3 Å². The number of anilines is 2. The van der Waals surface area contributed by atoms with Crippen molar-refractivity contribution in [1.82, 2.24) is 0 Å². The number of nitrogens with one attached hydrogen (secondary N) is 2. The molecule has 2 amide bonds. The van der Waals surface area contributed by atoms with Crippen LogP contribution in [-0.2, 0) is 35.2 Å². The Hall–Kier alpha value is -3.79. The fourth-order valence-corrected chi connectivity index (χ4v) is 5.87. The summed E-state index contributed by atoms with van der Waals surface area (Å²) in [5, 5.41) is 5.66. The summed E-state index contributed by atoms with van der Waals surface area (Å²) in [7, 11) is 1.29. The van der Waals surface area contributed by atoms with E-state index in [1.54, 1.807) is 45.0 Å². The molecule has 1 aliphatic carbocycles. The van der Waals surface area contributed by atoms with E-state index in [2.05, 4.69) is 15.4 Å². The lowest BCUT2D eigenvalue weighted by Crippen LogP contribution is -2.27. The van der Waals surface area contributed by atoms with Crippen LogP contribution in [0.2, 0.25) is 0 Å². The predicted octanol–water partition coefficient (Wildman–Crippen LogP) is 7.08. The Morgan fingerprint density at radius 2 is 1.60 bits per heavy atom. The maximum Gasteiger partial charge on any atom is 0.412 e. The normalized spacial score (nSPS) is 12.8. The fraction of sp³-hybridized carbons (Fsp3) is 0.367. The van der Waals surface area contributed by atoms with Crippen molar-refractivity contribution in [2.45, 2.75) is 64.9 Å². The average Bonchev–Trinajstić information content (AvgIpc) is 3.24. The molecule has 7 nitrogen and oxygen atoms in total. The second kappa shape index (κ2) is 12.2. The van der Waals surface area contributed by atoms with Gasteiger partial charge in [0.15, 0.2) is 0 Å². The molecule has 0 aliphatic heterocycles. The molecule has 0 atom stereocenters. The predicted molar refractivity (Wildman–Crippen MR) is 150 cm³/mol.